The van der Waals surface area contributed by atoms with E-state index in [1.807, 2.05) is 11.7 Å². The monoisotopic (exact) mass is 244 g/mol. The van der Waals surface area contributed by atoms with Gasteiger partial charge in [0, 0.05) is 25.4 Å². The Labute approximate surface area is 105 Å². The molecule has 0 unspecified atom stereocenters. The van der Waals surface area contributed by atoms with Crippen molar-refractivity contribution in [2.75, 3.05) is 18.1 Å². The predicted octanol–water partition coefficient (Wildman–Crippen LogP) is 1.17. The average Bonchev–Trinajstić information content (AvgIpc) is 2.68. The van der Waals surface area contributed by atoms with Crippen LogP contribution >= 0.6 is 0 Å². The van der Waals surface area contributed by atoms with Crippen LogP contribution in [0.3, 0.4) is 0 Å². The molecule has 0 atom stereocenters. The summed E-state index contributed by atoms with van der Waals surface area (Å²) in [6, 6.07) is 6.33. The van der Waals surface area contributed by atoms with Crippen molar-refractivity contribution in [3.05, 3.63) is 23.8 Å². The van der Waals surface area contributed by atoms with Crippen molar-refractivity contribution in [1.82, 2.24) is 15.1 Å². The summed E-state index contributed by atoms with van der Waals surface area (Å²) in [4.78, 5) is 13.3. The predicted molar refractivity (Wildman–Crippen MR) is 70.4 cm³/mol. The highest BCUT2D eigenvalue weighted by Crippen LogP contribution is 2.26. The maximum absolute atomic E-state index is 11.2. The summed E-state index contributed by atoms with van der Waals surface area (Å²) in [7, 11) is 1.95. The van der Waals surface area contributed by atoms with E-state index in [1.165, 1.54) is 5.56 Å². The summed E-state index contributed by atoms with van der Waals surface area (Å²) in [5, 5.41) is 8.56. The zero-order chi connectivity index (χ0) is 12.7. The molecule has 0 radical (unpaired) electrons. The molecular formula is C13H16N4O. The number of aryl methyl sites for hydroxylation is 2. The van der Waals surface area contributed by atoms with Crippen LogP contribution in [0.4, 0.5) is 5.82 Å². The molecule has 94 valence electrons. The second-order valence-corrected chi connectivity index (χ2v) is 4.74. The van der Waals surface area contributed by atoms with Gasteiger partial charge in [0.15, 0.2) is 5.82 Å². The van der Waals surface area contributed by atoms with Gasteiger partial charge >= 0.3 is 0 Å². The Morgan fingerprint density at radius 2 is 2.22 bits per heavy atom. The van der Waals surface area contributed by atoms with E-state index in [0.717, 1.165) is 23.3 Å². The van der Waals surface area contributed by atoms with E-state index in [4.69, 9.17) is 0 Å². The van der Waals surface area contributed by atoms with Gasteiger partial charge < -0.3 is 10.2 Å². The Balaban J connectivity index is 2.04. The smallest absolute Gasteiger partial charge is 0.223 e. The molecule has 1 amide bonds. The van der Waals surface area contributed by atoms with Crippen molar-refractivity contribution in [2.45, 2.75) is 13.3 Å². The lowest BCUT2D eigenvalue weighted by Crippen LogP contribution is -2.45. The molecule has 2 aromatic rings. The molecule has 0 aliphatic carbocycles. The molecule has 5 nitrogen and oxygen atoms in total. The Morgan fingerprint density at radius 3 is 2.94 bits per heavy atom. The summed E-state index contributed by atoms with van der Waals surface area (Å²) < 4.78 is 1.90. The van der Waals surface area contributed by atoms with Crippen LogP contribution in [0.15, 0.2) is 18.2 Å². The number of benzene rings is 1. The number of nitrogens with zero attached hydrogens (tertiary/aromatic N) is 3. The van der Waals surface area contributed by atoms with Gasteiger partial charge in [0.1, 0.15) is 0 Å². The molecule has 3 rings (SSSR count). The normalized spacial score (nSPS) is 16.1. The number of nitrogens with one attached hydrogen (secondary N) is 1. The molecule has 0 spiro atoms. The Bertz CT molecular complexity index is 607. The largest absolute Gasteiger partial charge is 0.338 e. The fourth-order valence-corrected chi connectivity index (χ4v) is 2.35. The minimum absolute atomic E-state index is 0.113. The molecule has 0 bridgehead atoms. The van der Waals surface area contributed by atoms with Gasteiger partial charge in [-0.1, -0.05) is 6.07 Å². The summed E-state index contributed by atoms with van der Waals surface area (Å²) in [6.07, 6.45) is 0.532. The highest BCUT2D eigenvalue weighted by Gasteiger charge is 2.20. The molecule has 2 heterocycles. The van der Waals surface area contributed by atoms with E-state index in [1.54, 1.807) is 0 Å². The van der Waals surface area contributed by atoms with Crippen LogP contribution in [0.2, 0.25) is 0 Å². The molecule has 5 heteroatoms. The maximum Gasteiger partial charge on any atom is 0.223 e. The second-order valence-electron chi connectivity index (χ2n) is 4.74. The lowest BCUT2D eigenvalue weighted by Gasteiger charge is -2.27. The third kappa shape index (κ3) is 1.72. The third-order valence-corrected chi connectivity index (χ3v) is 3.36. The molecule has 1 aromatic carbocycles. The van der Waals surface area contributed by atoms with Crippen molar-refractivity contribution in [3.63, 3.8) is 0 Å². The number of hydrogen-bond acceptors (Lipinski definition) is 3. The number of aromatic nitrogens is 2. The molecule has 1 aliphatic rings. The van der Waals surface area contributed by atoms with E-state index in [2.05, 4.69) is 40.4 Å². The number of rotatable bonds is 1. The van der Waals surface area contributed by atoms with Crippen LogP contribution in [0, 0.1) is 6.92 Å². The number of amides is 1. The van der Waals surface area contributed by atoms with E-state index in [-0.39, 0.29) is 5.91 Å². The van der Waals surface area contributed by atoms with Gasteiger partial charge in [-0.25, -0.2) is 0 Å². The van der Waals surface area contributed by atoms with Gasteiger partial charge in [-0.3, -0.25) is 9.48 Å². The van der Waals surface area contributed by atoms with E-state index >= 15 is 0 Å². The molecule has 1 N–H and O–H groups in total. The Kier molecular flexibility index (Phi) is 2.47. The quantitative estimate of drug-likeness (QED) is 0.819. The van der Waals surface area contributed by atoms with Crippen LogP contribution in [-0.4, -0.2) is 28.9 Å². The van der Waals surface area contributed by atoms with Crippen LogP contribution in [0.25, 0.3) is 10.9 Å². The number of fused-ring (bicyclic) bond motifs is 1. The van der Waals surface area contributed by atoms with Crippen LogP contribution in [0.5, 0.6) is 0 Å². The summed E-state index contributed by atoms with van der Waals surface area (Å²) in [6.45, 7) is 3.35. The fourth-order valence-electron chi connectivity index (χ4n) is 2.35. The Hall–Kier alpha value is -2.04. The molecule has 18 heavy (non-hydrogen) atoms. The van der Waals surface area contributed by atoms with Gasteiger partial charge in [0.25, 0.3) is 0 Å². The highest BCUT2D eigenvalue weighted by molar-refractivity contribution is 5.91. The van der Waals surface area contributed by atoms with E-state index in [0.29, 0.717) is 13.1 Å². The minimum Gasteiger partial charge on any atom is -0.338 e. The number of carbonyl (C=O) groups excluding carboxylic acids is 1. The molecule has 1 fully saturated rings. The van der Waals surface area contributed by atoms with E-state index in [9.17, 15) is 4.79 Å². The lowest BCUT2D eigenvalue weighted by atomic mass is 10.1. The topological polar surface area (TPSA) is 50.2 Å². The van der Waals surface area contributed by atoms with Crippen molar-refractivity contribution in [2.24, 2.45) is 7.05 Å². The van der Waals surface area contributed by atoms with Crippen molar-refractivity contribution >= 4 is 22.6 Å². The maximum atomic E-state index is 11.2. The molecule has 1 aromatic heterocycles. The van der Waals surface area contributed by atoms with Crippen LogP contribution in [0.1, 0.15) is 12.0 Å². The van der Waals surface area contributed by atoms with Gasteiger partial charge in [0.2, 0.25) is 5.91 Å². The average molecular weight is 244 g/mol. The van der Waals surface area contributed by atoms with Crippen molar-refractivity contribution in [1.29, 1.82) is 0 Å². The SMILES string of the molecule is Cc1ccc2c(N3CCC(=O)NC3)nn(C)c2c1. The Morgan fingerprint density at radius 1 is 1.39 bits per heavy atom. The van der Waals surface area contributed by atoms with Gasteiger partial charge in [-0.05, 0) is 24.6 Å². The first-order chi connectivity index (χ1) is 8.65. The first-order valence-corrected chi connectivity index (χ1v) is 6.10. The van der Waals surface area contributed by atoms with Crippen LogP contribution in [-0.2, 0) is 11.8 Å². The zero-order valence-electron chi connectivity index (χ0n) is 10.6. The second kappa shape index (κ2) is 4.01. The zero-order valence-corrected chi connectivity index (χ0v) is 10.6. The highest BCUT2D eigenvalue weighted by atomic mass is 16.1. The van der Waals surface area contributed by atoms with E-state index < -0.39 is 0 Å². The fraction of sp³-hybridized carbons (Fsp3) is 0.385. The van der Waals surface area contributed by atoms with Gasteiger partial charge in [-0.15, -0.1) is 0 Å². The number of carbonyl (C=O) groups is 1. The minimum atomic E-state index is 0.113. The molecule has 1 saturated heterocycles. The number of hydrogen-bond donors (Lipinski definition) is 1. The standard InChI is InChI=1S/C13H16N4O/c1-9-3-4-10-11(7-9)16(2)15-13(10)17-6-5-12(18)14-8-17/h3-4,7H,5-6,8H2,1-2H3,(H,14,18). The molecule has 0 saturated carbocycles. The molecular weight excluding hydrogens is 228 g/mol. The summed E-state index contributed by atoms with van der Waals surface area (Å²) in [5.41, 5.74) is 2.35. The summed E-state index contributed by atoms with van der Waals surface area (Å²) >= 11 is 0. The first-order valence-electron chi connectivity index (χ1n) is 6.10. The van der Waals surface area contributed by atoms with Crippen molar-refractivity contribution < 1.29 is 4.79 Å². The number of anilines is 1. The third-order valence-electron chi connectivity index (χ3n) is 3.36. The van der Waals surface area contributed by atoms with Crippen molar-refractivity contribution in [3.8, 4) is 0 Å². The molecule has 1 aliphatic heterocycles. The lowest BCUT2D eigenvalue weighted by molar-refractivity contribution is -0.121. The first kappa shape index (κ1) is 11.1. The van der Waals surface area contributed by atoms with Gasteiger partial charge in [0.05, 0.1) is 12.2 Å². The van der Waals surface area contributed by atoms with Crippen LogP contribution < -0.4 is 10.2 Å². The van der Waals surface area contributed by atoms with Gasteiger partial charge in [-0.2, -0.15) is 5.10 Å². The summed E-state index contributed by atoms with van der Waals surface area (Å²) in [5.74, 6) is 1.06.